The second kappa shape index (κ2) is 8.26. The number of halogens is 1. The van der Waals surface area contributed by atoms with Crippen molar-refractivity contribution in [3.8, 4) is 11.4 Å². The van der Waals surface area contributed by atoms with Crippen LogP contribution in [-0.2, 0) is 11.3 Å². The van der Waals surface area contributed by atoms with Crippen molar-refractivity contribution in [2.75, 3.05) is 6.54 Å². The maximum absolute atomic E-state index is 12.1. The molecule has 0 aliphatic rings. The maximum Gasteiger partial charge on any atom is 0.240 e. The molecule has 0 unspecified atom stereocenters. The van der Waals surface area contributed by atoms with E-state index in [1.165, 1.54) is 0 Å². The number of nitrogens with one attached hydrogen (secondary N) is 2. The van der Waals surface area contributed by atoms with E-state index in [-0.39, 0.29) is 12.5 Å². The van der Waals surface area contributed by atoms with Gasteiger partial charge >= 0.3 is 0 Å². The number of aromatic nitrogens is 3. The van der Waals surface area contributed by atoms with E-state index in [4.69, 9.17) is 23.8 Å². The monoisotopic (exact) mass is 352 g/mol. The van der Waals surface area contributed by atoms with Gasteiger partial charge in [-0.2, -0.15) is 5.10 Å². The van der Waals surface area contributed by atoms with Crippen LogP contribution in [0.2, 0.25) is 5.02 Å². The first-order valence-corrected chi connectivity index (χ1v) is 8.44. The zero-order chi connectivity index (χ0) is 16.8. The van der Waals surface area contributed by atoms with Crippen molar-refractivity contribution in [2.24, 2.45) is 5.92 Å². The number of hydrogen-bond acceptors (Lipinski definition) is 3. The first kappa shape index (κ1) is 17.7. The van der Waals surface area contributed by atoms with Crippen molar-refractivity contribution in [3.63, 3.8) is 0 Å². The van der Waals surface area contributed by atoms with E-state index < -0.39 is 0 Å². The fourth-order valence-corrected chi connectivity index (χ4v) is 2.54. The second-order valence-electron chi connectivity index (χ2n) is 5.83. The highest BCUT2D eigenvalue weighted by Gasteiger charge is 2.12. The van der Waals surface area contributed by atoms with Gasteiger partial charge < -0.3 is 5.32 Å². The minimum atomic E-state index is -0.0681. The lowest BCUT2D eigenvalue weighted by Crippen LogP contribution is -2.29. The smallest absolute Gasteiger partial charge is 0.240 e. The van der Waals surface area contributed by atoms with Crippen LogP contribution in [0.3, 0.4) is 0 Å². The Hall–Kier alpha value is -1.66. The molecule has 1 aromatic carbocycles. The third-order valence-electron chi connectivity index (χ3n) is 3.44. The van der Waals surface area contributed by atoms with Crippen LogP contribution in [0.15, 0.2) is 24.3 Å². The van der Waals surface area contributed by atoms with Gasteiger partial charge in [-0.25, -0.2) is 0 Å². The molecule has 0 bridgehead atoms. The summed E-state index contributed by atoms with van der Waals surface area (Å²) < 4.78 is 2.11. The Labute approximate surface area is 146 Å². The van der Waals surface area contributed by atoms with Gasteiger partial charge in [0.05, 0.1) is 0 Å². The lowest BCUT2D eigenvalue weighted by molar-refractivity contribution is -0.121. The van der Waals surface area contributed by atoms with E-state index in [1.54, 1.807) is 16.7 Å². The Balaban J connectivity index is 2.03. The molecule has 0 saturated heterocycles. The van der Waals surface area contributed by atoms with Crippen molar-refractivity contribution in [1.29, 1.82) is 0 Å². The lowest BCUT2D eigenvalue weighted by Gasteiger charge is -2.09. The highest BCUT2D eigenvalue weighted by atomic mass is 35.5. The standard InChI is InChI=1S/C16H21ClN4OS/c1-11(2)4-3-9-18-14(22)10-21-15(19-20-16(21)23)12-5-7-13(17)8-6-12/h5-8,11H,3-4,9-10H2,1-2H3,(H,18,22)(H,20,23). The SMILES string of the molecule is CC(C)CCCNC(=O)Cn1c(-c2ccc(Cl)cc2)n[nH]c1=S. The number of rotatable bonds is 7. The van der Waals surface area contributed by atoms with E-state index in [2.05, 4.69) is 29.4 Å². The molecule has 7 heteroatoms. The summed E-state index contributed by atoms with van der Waals surface area (Å²) in [7, 11) is 0. The Morgan fingerprint density at radius 1 is 1.39 bits per heavy atom. The van der Waals surface area contributed by atoms with Crippen LogP contribution < -0.4 is 5.32 Å². The molecule has 2 rings (SSSR count). The van der Waals surface area contributed by atoms with Crippen LogP contribution in [-0.4, -0.2) is 27.2 Å². The molecule has 2 N–H and O–H groups in total. The molecular formula is C16H21ClN4OS. The molecule has 1 heterocycles. The third kappa shape index (κ3) is 5.18. The maximum atomic E-state index is 12.1. The highest BCUT2D eigenvalue weighted by Crippen LogP contribution is 2.19. The predicted molar refractivity (Wildman–Crippen MR) is 94.9 cm³/mol. The predicted octanol–water partition coefficient (Wildman–Crippen LogP) is 3.81. The molecular weight excluding hydrogens is 332 g/mol. The van der Waals surface area contributed by atoms with E-state index >= 15 is 0 Å². The quantitative estimate of drug-likeness (QED) is 0.588. The second-order valence-corrected chi connectivity index (χ2v) is 6.65. The summed E-state index contributed by atoms with van der Waals surface area (Å²) >= 11 is 11.1. The van der Waals surface area contributed by atoms with Gasteiger partial charge in [0.1, 0.15) is 6.54 Å². The van der Waals surface area contributed by atoms with Crippen molar-refractivity contribution in [3.05, 3.63) is 34.1 Å². The largest absolute Gasteiger partial charge is 0.355 e. The van der Waals surface area contributed by atoms with Crippen molar-refractivity contribution in [2.45, 2.75) is 33.2 Å². The van der Waals surface area contributed by atoms with Gasteiger partial charge in [0, 0.05) is 17.1 Å². The Kier molecular flexibility index (Phi) is 6.36. The Morgan fingerprint density at radius 2 is 2.09 bits per heavy atom. The summed E-state index contributed by atoms with van der Waals surface area (Å²) in [6.45, 7) is 5.17. The fourth-order valence-electron chi connectivity index (χ4n) is 2.22. The van der Waals surface area contributed by atoms with Gasteiger partial charge in [-0.1, -0.05) is 25.4 Å². The molecule has 0 radical (unpaired) electrons. The summed E-state index contributed by atoms with van der Waals surface area (Å²) in [6.07, 6.45) is 2.08. The average molecular weight is 353 g/mol. The number of carbonyl (C=O) groups is 1. The minimum Gasteiger partial charge on any atom is -0.355 e. The summed E-state index contributed by atoms with van der Waals surface area (Å²) in [4.78, 5) is 12.1. The van der Waals surface area contributed by atoms with Crippen LogP contribution in [0.5, 0.6) is 0 Å². The zero-order valence-electron chi connectivity index (χ0n) is 13.3. The molecule has 23 heavy (non-hydrogen) atoms. The summed E-state index contributed by atoms with van der Waals surface area (Å²) in [5, 5.41) is 10.5. The van der Waals surface area contributed by atoms with Crippen LogP contribution in [0.1, 0.15) is 26.7 Å². The Bertz CT molecular complexity index is 706. The number of amides is 1. The molecule has 0 aliphatic carbocycles. The molecule has 1 amide bonds. The molecule has 2 aromatic rings. The Morgan fingerprint density at radius 3 is 2.74 bits per heavy atom. The van der Waals surface area contributed by atoms with Crippen LogP contribution >= 0.6 is 23.8 Å². The summed E-state index contributed by atoms with van der Waals surface area (Å²) in [5.41, 5.74) is 0.856. The van der Waals surface area contributed by atoms with E-state index in [0.717, 1.165) is 18.4 Å². The van der Waals surface area contributed by atoms with Crippen LogP contribution in [0.4, 0.5) is 0 Å². The first-order valence-electron chi connectivity index (χ1n) is 7.65. The number of H-pyrrole nitrogens is 1. The minimum absolute atomic E-state index is 0.0681. The fraction of sp³-hybridized carbons (Fsp3) is 0.438. The van der Waals surface area contributed by atoms with Crippen LogP contribution in [0, 0.1) is 10.7 Å². The number of nitrogens with zero attached hydrogens (tertiary/aromatic N) is 2. The topological polar surface area (TPSA) is 62.7 Å². The summed E-state index contributed by atoms with van der Waals surface area (Å²) in [5.74, 6) is 1.20. The third-order valence-corrected chi connectivity index (χ3v) is 4.01. The molecule has 0 saturated carbocycles. The van der Waals surface area contributed by atoms with Crippen molar-refractivity contribution >= 4 is 29.7 Å². The number of aromatic amines is 1. The van der Waals surface area contributed by atoms with E-state index in [9.17, 15) is 4.79 Å². The molecule has 0 atom stereocenters. The molecule has 0 aliphatic heterocycles. The van der Waals surface area contributed by atoms with Gasteiger partial charge in [0.15, 0.2) is 10.6 Å². The van der Waals surface area contributed by atoms with Gasteiger partial charge in [-0.05, 0) is 55.2 Å². The van der Waals surface area contributed by atoms with Gasteiger partial charge in [-0.3, -0.25) is 14.5 Å². The average Bonchev–Trinajstić information content (AvgIpc) is 2.86. The lowest BCUT2D eigenvalue weighted by atomic mass is 10.1. The molecule has 1 aromatic heterocycles. The number of benzene rings is 1. The van der Waals surface area contributed by atoms with Gasteiger partial charge in [-0.15, -0.1) is 0 Å². The van der Waals surface area contributed by atoms with Crippen molar-refractivity contribution < 1.29 is 4.79 Å². The normalized spacial score (nSPS) is 11.0. The van der Waals surface area contributed by atoms with E-state index in [1.807, 2.05) is 12.1 Å². The number of hydrogen-bond donors (Lipinski definition) is 2. The number of carbonyl (C=O) groups excluding carboxylic acids is 1. The van der Waals surface area contributed by atoms with E-state index in [0.29, 0.717) is 28.1 Å². The zero-order valence-corrected chi connectivity index (χ0v) is 14.9. The van der Waals surface area contributed by atoms with Crippen LogP contribution in [0.25, 0.3) is 11.4 Å². The molecule has 5 nitrogen and oxygen atoms in total. The van der Waals surface area contributed by atoms with Crippen molar-refractivity contribution in [1.82, 2.24) is 20.1 Å². The molecule has 124 valence electrons. The molecule has 0 fully saturated rings. The van der Waals surface area contributed by atoms with Gasteiger partial charge in [0.25, 0.3) is 0 Å². The first-order chi connectivity index (χ1) is 11.0. The summed E-state index contributed by atoms with van der Waals surface area (Å²) in [6, 6.07) is 7.27. The van der Waals surface area contributed by atoms with Gasteiger partial charge in [0.2, 0.25) is 5.91 Å². The highest BCUT2D eigenvalue weighted by molar-refractivity contribution is 7.71. The molecule has 0 spiro atoms.